The van der Waals surface area contributed by atoms with Gasteiger partial charge in [0.25, 0.3) is 5.91 Å². The van der Waals surface area contributed by atoms with Crippen LogP contribution in [0.2, 0.25) is 0 Å². The van der Waals surface area contributed by atoms with Gasteiger partial charge in [0.15, 0.2) is 0 Å². The van der Waals surface area contributed by atoms with E-state index in [0.29, 0.717) is 5.01 Å². The molecule has 118 valence electrons. The molecule has 1 aromatic heterocycles. The number of aromatic nitrogens is 2. The van der Waals surface area contributed by atoms with Crippen LogP contribution < -0.4 is 10.6 Å². The summed E-state index contributed by atoms with van der Waals surface area (Å²) in [7, 11) is 0. The first-order valence-electron chi connectivity index (χ1n) is 8.04. The van der Waals surface area contributed by atoms with Crippen LogP contribution in [0.5, 0.6) is 0 Å². The largest absolute Gasteiger partial charge is 0.360 e. The molecule has 0 saturated heterocycles. The predicted molar refractivity (Wildman–Crippen MR) is 86.8 cm³/mol. The summed E-state index contributed by atoms with van der Waals surface area (Å²) in [6.07, 6.45) is 7.42. The molecule has 2 atom stereocenters. The molecule has 1 aliphatic rings. The first-order chi connectivity index (χ1) is 10.2. The zero-order valence-corrected chi connectivity index (χ0v) is 13.8. The van der Waals surface area contributed by atoms with E-state index in [1.54, 1.807) is 0 Å². The summed E-state index contributed by atoms with van der Waals surface area (Å²) >= 11 is 1.32. The van der Waals surface area contributed by atoms with Crippen molar-refractivity contribution in [3.8, 4) is 0 Å². The molecule has 0 bridgehead atoms. The molecule has 0 spiro atoms. The van der Waals surface area contributed by atoms with Crippen LogP contribution in [0.4, 0.5) is 5.13 Å². The van der Waals surface area contributed by atoms with E-state index in [2.05, 4.69) is 34.7 Å². The summed E-state index contributed by atoms with van der Waals surface area (Å²) in [6.45, 7) is 6.02. The quantitative estimate of drug-likeness (QED) is 0.811. The van der Waals surface area contributed by atoms with Crippen LogP contribution in [0, 0.1) is 11.8 Å². The molecule has 1 aliphatic carbocycles. The Hall–Kier alpha value is -1.17. The van der Waals surface area contributed by atoms with Gasteiger partial charge in [-0.15, -0.1) is 10.2 Å². The van der Waals surface area contributed by atoms with Gasteiger partial charge in [-0.05, 0) is 31.1 Å². The number of anilines is 1. The van der Waals surface area contributed by atoms with Gasteiger partial charge in [-0.2, -0.15) is 0 Å². The Balaban J connectivity index is 1.70. The summed E-state index contributed by atoms with van der Waals surface area (Å²) in [5.74, 6) is 1.51. The van der Waals surface area contributed by atoms with E-state index in [1.165, 1.54) is 37.0 Å². The lowest BCUT2D eigenvalue weighted by molar-refractivity contribution is 0.0948. The Morgan fingerprint density at radius 2 is 2.19 bits per heavy atom. The first-order valence-corrected chi connectivity index (χ1v) is 8.86. The van der Waals surface area contributed by atoms with Crippen LogP contribution in [-0.2, 0) is 0 Å². The van der Waals surface area contributed by atoms with Gasteiger partial charge >= 0.3 is 0 Å². The molecule has 1 aromatic rings. The maximum Gasteiger partial charge on any atom is 0.282 e. The average Bonchev–Trinajstić information content (AvgIpc) is 2.94. The number of hydrogen-bond acceptors (Lipinski definition) is 5. The van der Waals surface area contributed by atoms with Crippen molar-refractivity contribution >= 4 is 22.4 Å². The number of carbonyl (C=O) groups excluding carboxylic acids is 1. The lowest BCUT2D eigenvalue weighted by atomic mass is 9.81. The zero-order valence-electron chi connectivity index (χ0n) is 13.0. The number of nitrogens with zero attached hydrogens (tertiary/aromatic N) is 2. The van der Waals surface area contributed by atoms with E-state index in [4.69, 9.17) is 0 Å². The molecular formula is C15H26N4OS. The third kappa shape index (κ3) is 5.26. The Morgan fingerprint density at radius 3 is 2.95 bits per heavy atom. The fourth-order valence-electron chi connectivity index (χ4n) is 2.91. The zero-order chi connectivity index (χ0) is 15.1. The van der Waals surface area contributed by atoms with Crippen molar-refractivity contribution in [3.05, 3.63) is 5.01 Å². The van der Waals surface area contributed by atoms with Gasteiger partial charge in [-0.25, -0.2) is 0 Å². The van der Waals surface area contributed by atoms with Crippen molar-refractivity contribution in [1.82, 2.24) is 15.5 Å². The highest BCUT2D eigenvalue weighted by atomic mass is 32.1. The third-order valence-corrected chi connectivity index (χ3v) is 4.91. The van der Waals surface area contributed by atoms with Crippen molar-refractivity contribution in [2.75, 3.05) is 18.4 Å². The number of nitrogens with one attached hydrogen (secondary N) is 2. The van der Waals surface area contributed by atoms with Crippen molar-refractivity contribution < 1.29 is 4.79 Å². The van der Waals surface area contributed by atoms with E-state index in [1.807, 2.05) is 0 Å². The number of hydrogen-bond donors (Lipinski definition) is 2. The molecule has 1 amide bonds. The van der Waals surface area contributed by atoms with Crippen LogP contribution in [-0.4, -0.2) is 29.2 Å². The van der Waals surface area contributed by atoms with E-state index >= 15 is 0 Å². The number of amides is 1. The highest BCUT2D eigenvalue weighted by Gasteiger charge is 2.19. The van der Waals surface area contributed by atoms with Gasteiger partial charge in [0.1, 0.15) is 0 Å². The fraction of sp³-hybridized carbons (Fsp3) is 0.800. The van der Waals surface area contributed by atoms with Gasteiger partial charge in [-0.3, -0.25) is 4.79 Å². The highest BCUT2D eigenvalue weighted by molar-refractivity contribution is 7.17. The topological polar surface area (TPSA) is 66.9 Å². The SMILES string of the molecule is CCCNc1nnc(C(=O)NCCC2CCCC(C)C2)s1. The number of carbonyl (C=O) groups is 1. The predicted octanol–water partition coefficient (Wildman–Crippen LogP) is 3.31. The third-order valence-electron chi connectivity index (χ3n) is 4.03. The summed E-state index contributed by atoms with van der Waals surface area (Å²) in [6, 6.07) is 0. The second-order valence-corrected chi connectivity index (χ2v) is 7.00. The monoisotopic (exact) mass is 310 g/mol. The van der Waals surface area contributed by atoms with Crippen molar-refractivity contribution in [2.24, 2.45) is 11.8 Å². The molecular weight excluding hydrogens is 284 g/mol. The molecule has 0 aliphatic heterocycles. The van der Waals surface area contributed by atoms with E-state index in [-0.39, 0.29) is 5.91 Å². The normalized spacial score (nSPS) is 22.0. The van der Waals surface area contributed by atoms with Crippen LogP contribution in [0.25, 0.3) is 0 Å². The summed E-state index contributed by atoms with van der Waals surface area (Å²) < 4.78 is 0. The van der Waals surface area contributed by atoms with Gasteiger partial charge in [-0.1, -0.05) is 44.4 Å². The fourth-order valence-corrected chi connectivity index (χ4v) is 3.59. The lowest BCUT2D eigenvalue weighted by Gasteiger charge is -2.26. The molecule has 1 fully saturated rings. The molecule has 0 aromatic carbocycles. The van der Waals surface area contributed by atoms with Crippen molar-refractivity contribution in [2.45, 2.75) is 52.4 Å². The van der Waals surface area contributed by atoms with Crippen molar-refractivity contribution in [3.63, 3.8) is 0 Å². The van der Waals surface area contributed by atoms with Crippen LogP contribution in [0.15, 0.2) is 0 Å². The summed E-state index contributed by atoms with van der Waals surface area (Å²) in [5, 5.41) is 15.2. The van der Waals surface area contributed by atoms with Crippen LogP contribution in [0.3, 0.4) is 0 Å². The van der Waals surface area contributed by atoms with E-state index in [9.17, 15) is 4.79 Å². The van der Waals surface area contributed by atoms with Gasteiger partial charge in [0, 0.05) is 13.1 Å². The summed E-state index contributed by atoms with van der Waals surface area (Å²) in [5.41, 5.74) is 0. The average molecular weight is 310 g/mol. The van der Waals surface area contributed by atoms with E-state index in [0.717, 1.165) is 42.9 Å². The maximum atomic E-state index is 12.0. The molecule has 2 unspecified atom stereocenters. The summed E-state index contributed by atoms with van der Waals surface area (Å²) in [4.78, 5) is 12.0. The van der Waals surface area contributed by atoms with Gasteiger partial charge in [0.2, 0.25) is 10.1 Å². The smallest absolute Gasteiger partial charge is 0.282 e. The minimum Gasteiger partial charge on any atom is -0.360 e. The maximum absolute atomic E-state index is 12.0. The Morgan fingerprint density at radius 1 is 1.33 bits per heavy atom. The molecule has 1 heterocycles. The van der Waals surface area contributed by atoms with Crippen LogP contribution in [0.1, 0.15) is 62.2 Å². The van der Waals surface area contributed by atoms with Gasteiger partial charge in [0.05, 0.1) is 0 Å². The Labute approximate surface area is 130 Å². The first kappa shape index (κ1) is 16.2. The number of rotatable bonds is 7. The molecule has 1 saturated carbocycles. The minimum absolute atomic E-state index is 0.0964. The standard InChI is InChI=1S/C15H26N4OS/c1-3-8-17-15-19-18-14(21-15)13(20)16-9-7-12-6-4-5-11(2)10-12/h11-12H,3-10H2,1-2H3,(H,16,20)(H,17,19). The van der Waals surface area contributed by atoms with Crippen molar-refractivity contribution in [1.29, 1.82) is 0 Å². The molecule has 6 heteroatoms. The molecule has 2 N–H and O–H groups in total. The second kappa shape index (κ2) is 8.32. The van der Waals surface area contributed by atoms with Crippen LogP contribution >= 0.6 is 11.3 Å². The highest BCUT2D eigenvalue weighted by Crippen LogP contribution is 2.30. The minimum atomic E-state index is -0.0964. The lowest BCUT2D eigenvalue weighted by Crippen LogP contribution is -2.27. The molecule has 0 radical (unpaired) electrons. The Bertz CT molecular complexity index is 449. The van der Waals surface area contributed by atoms with E-state index < -0.39 is 0 Å². The van der Waals surface area contributed by atoms with Gasteiger partial charge < -0.3 is 10.6 Å². The molecule has 5 nitrogen and oxygen atoms in total. The second-order valence-electron chi connectivity index (χ2n) is 6.02. The Kier molecular flexibility index (Phi) is 6.42. The molecule has 2 rings (SSSR count). The molecule has 21 heavy (non-hydrogen) atoms.